The molecule has 0 amide bonds. The molecule has 1 aromatic heterocycles. The van der Waals surface area contributed by atoms with Gasteiger partial charge in [0.15, 0.2) is 0 Å². The second-order valence-corrected chi connectivity index (χ2v) is 6.68. The van der Waals surface area contributed by atoms with Crippen LogP contribution in [0.5, 0.6) is 0 Å². The van der Waals surface area contributed by atoms with Crippen LogP contribution in [0.25, 0.3) is 0 Å². The van der Waals surface area contributed by atoms with Gasteiger partial charge in [0.05, 0.1) is 10.7 Å². The molecule has 2 aliphatic rings. The van der Waals surface area contributed by atoms with E-state index in [1.54, 1.807) is 0 Å². The van der Waals surface area contributed by atoms with Crippen LogP contribution in [-0.2, 0) is 13.0 Å². The van der Waals surface area contributed by atoms with Crippen LogP contribution in [0.4, 0.5) is 0 Å². The number of thiazole rings is 1. The molecule has 2 fully saturated rings. The molecule has 0 saturated heterocycles. The monoisotopic (exact) mass is 250 g/mol. The molecule has 0 bridgehead atoms. The highest BCUT2D eigenvalue weighted by atomic mass is 32.1. The molecule has 94 valence electrons. The van der Waals surface area contributed by atoms with Gasteiger partial charge >= 0.3 is 0 Å². The third-order valence-corrected chi connectivity index (χ3v) is 4.70. The van der Waals surface area contributed by atoms with Crippen LogP contribution < -0.4 is 5.32 Å². The number of hydrogen-bond acceptors (Lipinski definition) is 3. The Balaban J connectivity index is 1.67. The summed E-state index contributed by atoms with van der Waals surface area (Å²) in [5, 5.41) is 4.93. The second kappa shape index (κ2) is 5.07. The lowest BCUT2D eigenvalue weighted by molar-refractivity contribution is 0.676. The van der Waals surface area contributed by atoms with Crippen molar-refractivity contribution in [2.45, 2.75) is 57.9 Å². The topological polar surface area (TPSA) is 24.9 Å². The predicted octanol–water partition coefficient (Wildman–Crippen LogP) is 3.47. The van der Waals surface area contributed by atoms with Crippen LogP contribution in [0, 0.1) is 5.92 Å². The van der Waals surface area contributed by atoms with Gasteiger partial charge in [-0.3, -0.25) is 0 Å². The molecule has 3 heteroatoms. The minimum Gasteiger partial charge on any atom is -0.312 e. The average Bonchev–Trinajstić information content (AvgIpc) is 3.20. The first kappa shape index (κ1) is 11.7. The molecule has 0 spiro atoms. The van der Waals surface area contributed by atoms with E-state index < -0.39 is 0 Å². The van der Waals surface area contributed by atoms with Gasteiger partial charge in [0.2, 0.25) is 0 Å². The molecule has 2 nitrogen and oxygen atoms in total. The third kappa shape index (κ3) is 3.08. The molecular weight excluding hydrogens is 228 g/mol. The number of nitrogens with one attached hydrogen (secondary N) is 1. The Morgan fingerprint density at radius 3 is 2.76 bits per heavy atom. The molecule has 0 unspecified atom stereocenters. The zero-order valence-corrected chi connectivity index (χ0v) is 11.5. The lowest BCUT2D eigenvalue weighted by atomic mass is 10.2. The summed E-state index contributed by atoms with van der Waals surface area (Å²) in [6, 6.07) is 0. The fourth-order valence-corrected chi connectivity index (χ4v) is 3.49. The summed E-state index contributed by atoms with van der Waals surface area (Å²) < 4.78 is 0. The van der Waals surface area contributed by atoms with Crippen molar-refractivity contribution in [2.75, 3.05) is 6.54 Å². The number of rotatable bonds is 7. The van der Waals surface area contributed by atoms with Gasteiger partial charge in [-0.2, -0.15) is 0 Å². The Morgan fingerprint density at radius 2 is 2.12 bits per heavy atom. The zero-order valence-electron chi connectivity index (χ0n) is 10.7. The van der Waals surface area contributed by atoms with Crippen molar-refractivity contribution in [3.8, 4) is 0 Å². The van der Waals surface area contributed by atoms with Crippen molar-refractivity contribution in [1.82, 2.24) is 10.3 Å². The van der Waals surface area contributed by atoms with E-state index in [4.69, 9.17) is 4.98 Å². The molecule has 0 aliphatic heterocycles. The van der Waals surface area contributed by atoms with Crippen molar-refractivity contribution in [3.05, 3.63) is 15.6 Å². The number of nitrogens with zero attached hydrogens (tertiary/aromatic N) is 1. The Kier molecular flexibility index (Phi) is 3.48. The highest BCUT2D eigenvalue weighted by Gasteiger charge is 2.30. The summed E-state index contributed by atoms with van der Waals surface area (Å²) in [6.07, 6.45) is 8.06. The van der Waals surface area contributed by atoms with Crippen LogP contribution >= 0.6 is 11.3 Å². The minimum absolute atomic E-state index is 0.803. The normalized spacial score (nSPS) is 19.8. The molecule has 1 aromatic rings. The van der Waals surface area contributed by atoms with Crippen molar-refractivity contribution in [3.63, 3.8) is 0 Å². The van der Waals surface area contributed by atoms with Gasteiger partial charge in [-0.1, -0.05) is 6.92 Å². The van der Waals surface area contributed by atoms with Gasteiger partial charge in [-0.05, 0) is 44.6 Å². The summed E-state index contributed by atoms with van der Waals surface area (Å²) in [6.45, 7) is 4.39. The smallest absolute Gasteiger partial charge is 0.0934 e. The molecule has 2 saturated carbocycles. The fraction of sp³-hybridized carbons (Fsp3) is 0.786. The molecule has 0 radical (unpaired) electrons. The van der Waals surface area contributed by atoms with Crippen LogP contribution in [0.3, 0.4) is 0 Å². The highest BCUT2D eigenvalue weighted by molar-refractivity contribution is 7.11. The predicted molar refractivity (Wildman–Crippen MR) is 72.5 cm³/mol. The van der Waals surface area contributed by atoms with Gasteiger partial charge in [-0.25, -0.2) is 4.98 Å². The highest BCUT2D eigenvalue weighted by Crippen LogP contribution is 2.43. The van der Waals surface area contributed by atoms with Gasteiger partial charge in [-0.15, -0.1) is 11.3 Å². The maximum Gasteiger partial charge on any atom is 0.0934 e. The summed E-state index contributed by atoms with van der Waals surface area (Å²) in [7, 11) is 0. The van der Waals surface area contributed by atoms with Gasteiger partial charge in [0.1, 0.15) is 0 Å². The molecule has 0 aromatic carbocycles. The second-order valence-electron chi connectivity index (χ2n) is 5.51. The Morgan fingerprint density at radius 1 is 1.29 bits per heavy atom. The van der Waals surface area contributed by atoms with E-state index >= 15 is 0 Å². The Bertz CT molecular complexity index is 378. The largest absolute Gasteiger partial charge is 0.312 e. The van der Waals surface area contributed by atoms with Crippen molar-refractivity contribution in [2.24, 2.45) is 5.92 Å². The quantitative estimate of drug-likeness (QED) is 0.750. The first-order valence-corrected chi connectivity index (χ1v) is 7.87. The summed E-state index contributed by atoms with van der Waals surface area (Å²) >= 11 is 1.97. The maximum atomic E-state index is 4.91. The van der Waals surface area contributed by atoms with E-state index in [9.17, 15) is 0 Å². The van der Waals surface area contributed by atoms with Crippen LogP contribution in [0.2, 0.25) is 0 Å². The molecule has 1 N–H and O–H groups in total. The lowest BCUT2D eigenvalue weighted by Crippen LogP contribution is -2.13. The fourth-order valence-electron chi connectivity index (χ4n) is 2.25. The van der Waals surface area contributed by atoms with Crippen molar-refractivity contribution in [1.29, 1.82) is 0 Å². The van der Waals surface area contributed by atoms with E-state index in [1.807, 2.05) is 11.3 Å². The minimum atomic E-state index is 0.803. The zero-order chi connectivity index (χ0) is 11.7. The van der Waals surface area contributed by atoms with E-state index in [1.165, 1.54) is 54.1 Å². The molecule has 1 heterocycles. The van der Waals surface area contributed by atoms with E-state index in [0.717, 1.165) is 24.9 Å². The molecule has 0 atom stereocenters. The summed E-state index contributed by atoms with van der Waals surface area (Å²) in [5.41, 5.74) is 1.44. The lowest BCUT2D eigenvalue weighted by Gasteiger charge is -2.01. The van der Waals surface area contributed by atoms with E-state index in [0.29, 0.717) is 0 Å². The van der Waals surface area contributed by atoms with Crippen LogP contribution in [0.1, 0.15) is 60.5 Å². The molecule has 2 aliphatic carbocycles. The van der Waals surface area contributed by atoms with E-state index in [-0.39, 0.29) is 0 Å². The standard InChI is InChI=1S/C14H22N2S/c1-2-7-15-9-12-14(11-5-6-11)16-13(17-12)8-10-3-4-10/h10-11,15H,2-9H2,1H3. The summed E-state index contributed by atoms with van der Waals surface area (Å²) in [4.78, 5) is 6.43. The summed E-state index contributed by atoms with van der Waals surface area (Å²) in [5.74, 6) is 1.77. The average molecular weight is 250 g/mol. The first-order valence-electron chi connectivity index (χ1n) is 7.06. The maximum absolute atomic E-state index is 4.91. The van der Waals surface area contributed by atoms with E-state index in [2.05, 4.69) is 12.2 Å². The Hall–Kier alpha value is -0.410. The van der Waals surface area contributed by atoms with Crippen LogP contribution in [-0.4, -0.2) is 11.5 Å². The third-order valence-electron chi connectivity index (χ3n) is 3.61. The first-order chi connectivity index (χ1) is 8.36. The number of aromatic nitrogens is 1. The van der Waals surface area contributed by atoms with Crippen molar-refractivity contribution >= 4 is 11.3 Å². The van der Waals surface area contributed by atoms with Crippen LogP contribution in [0.15, 0.2) is 0 Å². The van der Waals surface area contributed by atoms with Gasteiger partial charge in [0.25, 0.3) is 0 Å². The Labute approximate surface area is 108 Å². The number of hydrogen-bond donors (Lipinski definition) is 1. The SMILES string of the molecule is CCCNCc1sc(CC2CC2)nc1C1CC1. The molecular formula is C14H22N2S. The molecule has 17 heavy (non-hydrogen) atoms. The molecule has 3 rings (SSSR count). The van der Waals surface area contributed by atoms with Gasteiger partial charge < -0.3 is 5.32 Å². The van der Waals surface area contributed by atoms with Crippen molar-refractivity contribution < 1.29 is 0 Å². The van der Waals surface area contributed by atoms with Gasteiger partial charge in [0, 0.05) is 23.8 Å².